The molecule has 0 aromatic heterocycles. The normalized spacial score (nSPS) is 10.6. The molecule has 0 fully saturated rings. The zero-order valence-corrected chi connectivity index (χ0v) is 15.3. The van der Waals surface area contributed by atoms with E-state index in [0.29, 0.717) is 20.7 Å². The number of phenolic OH excluding ortho intramolecular Hbond substituents is 1. The van der Waals surface area contributed by atoms with Crippen molar-refractivity contribution >= 4 is 51.2 Å². The van der Waals surface area contributed by atoms with Crippen LogP contribution in [-0.4, -0.2) is 23.1 Å². The number of para-hydroxylation sites is 1. The Morgan fingerprint density at radius 3 is 2.60 bits per heavy atom. The van der Waals surface area contributed by atoms with Gasteiger partial charge in [-0.1, -0.05) is 23.7 Å². The molecule has 2 aromatic rings. The first-order valence-corrected chi connectivity index (χ1v) is 8.47. The van der Waals surface area contributed by atoms with Gasteiger partial charge in [0.1, 0.15) is 5.75 Å². The zero-order valence-electron chi connectivity index (χ0n) is 13.0. The van der Waals surface area contributed by atoms with Gasteiger partial charge in [-0.15, -0.1) is 0 Å². The largest absolute Gasteiger partial charge is 0.507 e. The highest BCUT2D eigenvalue weighted by Crippen LogP contribution is 2.23. The van der Waals surface area contributed by atoms with E-state index < -0.39 is 0 Å². The first kappa shape index (κ1) is 19.0. The highest BCUT2D eigenvalue weighted by molar-refractivity contribution is 9.10. The molecule has 0 atom stereocenters. The Hall–Kier alpha value is -2.38. The van der Waals surface area contributed by atoms with Gasteiger partial charge in [-0.3, -0.25) is 9.59 Å². The van der Waals surface area contributed by atoms with E-state index in [0.717, 1.165) is 0 Å². The van der Waals surface area contributed by atoms with Crippen molar-refractivity contribution in [2.45, 2.75) is 12.8 Å². The predicted molar refractivity (Wildman–Crippen MR) is 101 cm³/mol. The van der Waals surface area contributed by atoms with Crippen molar-refractivity contribution in [2.75, 3.05) is 5.32 Å². The molecule has 6 nitrogen and oxygen atoms in total. The van der Waals surface area contributed by atoms with Crippen LogP contribution in [0.1, 0.15) is 18.4 Å². The molecule has 0 aliphatic rings. The van der Waals surface area contributed by atoms with E-state index in [1.807, 2.05) is 0 Å². The second-order valence-corrected chi connectivity index (χ2v) is 6.29. The Morgan fingerprint density at radius 2 is 1.88 bits per heavy atom. The van der Waals surface area contributed by atoms with Crippen LogP contribution in [0, 0.1) is 0 Å². The number of benzene rings is 2. The van der Waals surface area contributed by atoms with E-state index in [9.17, 15) is 14.7 Å². The van der Waals surface area contributed by atoms with Gasteiger partial charge in [-0.25, -0.2) is 5.43 Å². The first-order valence-electron chi connectivity index (χ1n) is 7.30. The highest BCUT2D eigenvalue weighted by atomic mass is 79.9. The summed E-state index contributed by atoms with van der Waals surface area (Å²) in [6, 6.07) is 11.7. The van der Waals surface area contributed by atoms with Crippen molar-refractivity contribution in [1.82, 2.24) is 5.43 Å². The summed E-state index contributed by atoms with van der Waals surface area (Å²) in [7, 11) is 0. The smallest absolute Gasteiger partial charge is 0.240 e. The zero-order chi connectivity index (χ0) is 18.2. The van der Waals surface area contributed by atoms with E-state index in [1.165, 1.54) is 12.3 Å². The summed E-state index contributed by atoms with van der Waals surface area (Å²) in [5.74, 6) is -0.580. The van der Waals surface area contributed by atoms with Crippen LogP contribution in [0.2, 0.25) is 5.02 Å². The number of hydrogen-bond donors (Lipinski definition) is 3. The minimum Gasteiger partial charge on any atom is -0.507 e. The Labute approximate surface area is 158 Å². The standard InChI is InChI=1S/C17H15BrClN3O3/c18-12-9-11(5-6-15(12)23)10-20-22-17(25)8-7-16(24)21-14-4-2-1-3-13(14)19/h1-6,9-10,23H,7-8H2,(H,21,24)(H,22,25). The summed E-state index contributed by atoms with van der Waals surface area (Å²) in [5, 5.41) is 16.3. The third-order valence-electron chi connectivity index (χ3n) is 3.10. The van der Waals surface area contributed by atoms with Crippen molar-refractivity contribution in [1.29, 1.82) is 0 Å². The van der Waals surface area contributed by atoms with E-state index in [1.54, 1.807) is 36.4 Å². The van der Waals surface area contributed by atoms with Crippen LogP contribution < -0.4 is 10.7 Å². The molecule has 0 bridgehead atoms. The maximum absolute atomic E-state index is 11.8. The van der Waals surface area contributed by atoms with Crippen LogP contribution in [0.15, 0.2) is 52.0 Å². The van der Waals surface area contributed by atoms with Gasteiger partial charge in [0, 0.05) is 12.8 Å². The predicted octanol–water partition coefficient (Wildman–Crippen LogP) is 3.68. The Morgan fingerprint density at radius 1 is 1.16 bits per heavy atom. The Bertz CT molecular complexity index is 811. The number of carbonyl (C=O) groups is 2. The summed E-state index contributed by atoms with van der Waals surface area (Å²) < 4.78 is 0.527. The average molecular weight is 425 g/mol. The molecule has 8 heteroatoms. The summed E-state index contributed by atoms with van der Waals surface area (Å²) in [6.07, 6.45) is 1.44. The molecule has 0 aliphatic heterocycles. The fourth-order valence-electron chi connectivity index (χ4n) is 1.84. The number of nitrogens with zero attached hydrogens (tertiary/aromatic N) is 1. The van der Waals surface area contributed by atoms with Gasteiger partial charge in [0.25, 0.3) is 0 Å². The van der Waals surface area contributed by atoms with Crippen molar-refractivity contribution in [3.05, 3.63) is 57.5 Å². The third-order valence-corrected chi connectivity index (χ3v) is 4.07. The molecular weight excluding hydrogens is 410 g/mol. The van der Waals surface area contributed by atoms with Crippen LogP contribution in [-0.2, 0) is 9.59 Å². The van der Waals surface area contributed by atoms with Gasteiger partial charge in [0.15, 0.2) is 0 Å². The summed E-state index contributed by atoms with van der Waals surface area (Å²) in [6.45, 7) is 0. The molecule has 3 N–H and O–H groups in total. The van der Waals surface area contributed by atoms with Gasteiger partial charge in [-0.05, 0) is 51.8 Å². The molecule has 2 rings (SSSR count). The third kappa shape index (κ3) is 6.21. The topological polar surface area (TPSA) is 90.8 Å². The quantitative estimate of drug-likeness (QED) is 0.488. The molecular formula is C17H15BrClN3O3. The molecule has 130 valence electrons. The highest BCUT2D eigenvalue weighted by Gasteiger charge is 2.08. The van der Waals surface area contributed by atoms with E-state index in [2.05, 4.69) is 31.8 Å². The van der Waals surface area contributed by atoms with Crippen molar-refractivity contribution < 1.29 is 14.7 Å². The Balaban J connectivity index is 1.76. The number of nitrogens with one attached hydrogen (secondary N) is 2. The minimum atomic E-state index is -0.386. The van der Waals surface area contributed by atoms with Gasteiger partial charge < -0.3 is 10.4 Å². The van der Waals surface area contributed by atoms with Crippen LogP contribution in [0.5, 0.6) is 5.75 Å². The number of halogens is 2. The van der Waals surface area contributed by atoms with Crippen molar-refractivity contribution in [3.63, 3.8) is 0 Å². The number of carbonyl (C=O) groups excluding carboxylic acids is 2. The molecule has 0 aliphatic carbocycles. The molecule has 0 heterocycles. The van der Waals surface area contributed by atoms with Crippen LogP contribution >= 0.6 is 27.5 Å². The number of amides is 2. The first-order chi connectivity index (χ1) is 12.0. The summed E-state index contributed by atoms with van der Waals surface area (Å²) in [4.78, 5) is 23.5. The molecule has 0 saturated carbocycles. The molecule has 2 amide bonds. The van der Waals surface area contributed by atoms with Crippen LogP contribution in [0.4, 0.5) is 5.69 Å². The molecule has 25 heavy (non-hydrogen) atoms. The molecule has 0 unspecified atom stereocenters. The monoisotopic (exact) mass is 423 g/mol. The second kappa shape index (κ2) is 9.19. The van der Waals surface area contributed by atoms with Gasteiger partial charge in [0.2, 0.25) is 11.8 Å². The number of aromatic hydroxyl groups is 1. The number of hydrogen-bond acceptors (Lipinski definition) is 4. The fraction of sp³-hybridized carbons (Fsp3) is 0.118. The number of phenols is 1. The van der Waals surface area contributed by atoms with Crippen LogP contribution in [0.25, 0.3) is 0 Å². The van der Waals surface area contributed by atoms with Gasteiger partial charge in [0.05, 0.1) is 21.4 Å². The Kier molecular flexibility index (Phi) is 6.97. The number of hydrazone groups is 1. The van der Waals surface area contributed by atoms with E-state index in [4.69, 9.17) is 11.6 Å². The van der Waals surface area contributed by atoms with Gasteiger partial charge >= 0.3 is 0 Å². The van der Waals surface area contributed by atoms with Crippen molar-refractivity contribution in [2.24, 2.45) is 5.10 Å². The summed E-state index contributed by atoms with van der Waals surface area (Å²) >= 11 is 9.13. The lowest BCUT2D eigenvalue weighted by Gasteiger charge is -2.06. The number of rotatable bonds is 6. The van der Waals surface area contributed by atoms with E-state index >= 15 is 0 Å². The SMILES string of the molecule is O=C(CCC(=O)Nc1ccccc1Cl)NN=Cc1ccc(O)c(Br)c1. The molecule has 0 radical (unpaired) electrons. The summed E-state index contributed by atoms with van der Waals surface area (Å²) in [5.41, 5.74) is 3.54. The fourth-order valence-corrected chi connectivity index (χ4v) is 2.42. The van der Waals surface area contributed by atoms with Crippen molar-refractivity contribution in [3.8, 4) is 5.75 Å². The maximum Gasteiger partial charge on any atom is 0.240 e. The minimum absolute atomic E-state index is 0.00705. The molecule has 0 spiro atoms. The average Bonchev–Trinajstić information content (AvgIpc) is 2.58. The lowest BCUT2D eigenvalue weighted by Crippen LogP contribution is -2.20. The lowest BCUT2D eigenvalue weighted by atomic mass is 10.2. The molecule has 2 aromatic carbocycles. The number of anilines is 1. The lowest BCUT2D eigenvalue weighted by molar-refractivity contribution is -0.124. The van der Waals surface area contributed by atoms with Gasteiger partial charge in [-0.2, -0.15) is 5.10 Å². The van der Waals surface area contributed by atoms with Crippen LogP contribution in [0.3, 0.4) is 0 Å². The maximum atomic E-state index is 11.8. The molecule has 0 saturated heterocycles. The van der Waals surface area contributed by atoms with E-state index in [-0.39, 0.29) is 30.4 Å². The second-order valence-electron chi connectivity index (χ2n) is 5.03.